The largest absolute Gasteiger partial charge is 0.545 e. The Morgan fingerprint density at radius 3 is 2.14 bits per heavy atom. The molecule has 0 aliphatic rings. The molecule has 0 saturated carbocycles. The summed E-state index contributed by atoms with van der Waals surface area (Å²) in [4.78, 5) is 17.4. The maximum Gasteiger partial charge on any atom is 0 e. The second-order valence-electron chi connectivity index (χ2n) is 0.498. The van der Waals surface area contributed by atoms with Gasteiger partial charge in [-0.05, 0) is 0 Å². The van der Waals surface area contributed by atoms with E-state index in [4.69, 9.17) is 11.0 Å². The second-order valence-corrected chi connectivity index (χ2v) is 0.498. The van der Waals surface area contributed by atoms with Crippen LogP contribution in [0.3, 0.4) is 0 Å². The van der Waals surface area contributed by atoms with Gasteiger partial charge in [-0.2, -0.15) is 7.79 Å². The summed E-state index contributed by atoms with van der Waals surface area (Å²) in [6.07, 6.45) is 2.19. The van der Waals surface area contributed by atoms with E-state index in [1.165, 1.54) is 0 Å². The molecule has 0 aliphatic heterocycles. The molecule has 0 atom stereocenters. The van der Waals surface area contributed by atoms with Crippen LogP contribution < -0.4 is 0 Å². The number of rotatable bonds is 1. The molecule has 0 aromatic heterocycles. The van der Waals surface area contributed by atoms with E-state index in [-0.39, 0.29) is 32.7 Å². The number of carbonyl (C=O) groups excluding carboxylic acids is 2. The van der Waals surface area contributed by atoms with Gasteiger partial charge in [-0.1, -0.05) is 6.92 Å². The Hall–Kier alpha value is 0.444. The van der Waals surface area contributed by atoms with Crippen molar-refractivity contribution in [1.82, 2.24) is 0 Å². The quantitative estimate of drug-likeness (QED) is 0.423. The Morgan fingerprint density at radius 1 is 2.00 bits per heavy atom. The summed E-state index contributed by atoms with van der Waals surface area (Å²) in [7, 11) is 0. The Balaban J connectivity index is -0.0000000575. The van der Waals surface area contributed by atoms with Gasteiger partial charge in [0.25, 0.3) is 0 Å². The molecule has 39 valence electrons. The minimum absolute atomic E-state index is 0. The van der Waals surface area contributed by atoms with Gasteiger partial charge >= 0.3 is 0 Å². The zero-order chi connectivity index (χ0) is 6.12. The van der Waals surface area contributed by atoms with E-state index in [1.54, 1.807) is 13.2 Å². The fraction of sp³-hybridized carbons (Fsp3) is 0.500. The molecule has 0 aromatic rings. The van der Waals surface area contributed by atoms with Gasteiger partial charge in [0.15, 0.2) is 0 Å². The van der Waals surface area contributed by atoms with Crippen LogP contribution in [0, 0.1) is 0 Å². The van der Waals surface area contributed by atoms with E-state index in [0.29, 0.717) is 6.42 Å². The van der Waals surface area contributed by atoms with Crippen molar-refractivity contribution in [2.24, 2.45) is 0 Å². The van der Waals surface area contributed by atoms with E-state index >= 15 is 0 Å². The van der Waals surface area contributed by atoms with E-state index in [0.717, 1.165) is 6.77 Å². The first-order valence-corrected chi connectivity index (χ1v) is 1.47. The minimum atomic E-state index is 0. The Labute approximate surface area is 70.0 Å². The van der Waals surface area contributed by atoms with Crippen LogP contribution in [0.2, 0.25) is 0 Å². The van der Waals surface area contributed by atoms with Gasteiger partial charge in [0.2, 0.25) is 0 Å². The third-order valence-electron chi connectivity index (χ3n) is 0.144. The molecule has 0 fully saturated rings. The molecule has 0 heterocycles. The molecular formula is C4H6O2Y-2. The third kappa shape index (κ3) is 61.0. The zero-order valence-electron chi connectivity index (χ0n) is 5.10. The normalized spacial score (nSPS) is 5.57. The monoisotopic (exact) mass is 176 g/mol. The number of hydrogen-bond acceptors (Lipinski definition) is 2. The average Bonchev–Trinajstić information content (AvgIpc) is 1.69. The van der Waals surface area contributed by atoms with Gasteiger partial charge in [-0.25, -0.2) is 0 Å². The van der Waals surface area contributed by atoms with Crippen LogP contribution in [0.5, 0.6) is 0 Å². The van der Waals surface area contributed by atoms with Crippen molar-refractivity contribution in [3.63, 3.8) is 0 Å². The molecule has 0 rings (SSSR count). The minimum Gasteiger partial charge on any atom is -0.545 e. The van der Waals surface area contributed by atoms with Crippen LogP contribution in [0.1, 0.15) is 14.7 Å². The first-order chi connectivity index (χ1) is 3.33. The Bertz CT molecular complexity index is 49.3. The van der Waals surface area contributed by atoms with E-state index < -0.39 is 0 Å². The molecule has 7 heavy (non-hydrogen) atoms. The molecule has 0 amide bonds. The molecule has 0 aliphatic carbocycles. The average molecular weight is 176 g/mol. The molecule has 0 N–H and O–H groups in total. The summed E-state index contributed by atoms with van der Waals surface area (Å²) in [5.74, 6) is 0. The zero-order valence-corrected chi connectivity index (χ0v) is 6.94. The SMILES string of the molecule is CC[C-]=O.[2H][C-]=O.[Y]. The van der Waals surface area contributed by atoms with E-state index in [2.05, 4.69) is 0 Å². The maximum atomic E-state index is 9.05. The second kappa shape index (κ2) is 32.0. The van der Waals surface area contributed by atoms with Gasteiger partial charge in [0.1, 0.15) is 0 Å². The molecule has 1 radical (unpaired) electrons. The molecule has 3 heteroatoms. The first-order valence-electron chi connectivity index (χ1n) is 1.97. The Morgan fingerprint density at radius 2 is 2.14 bits per heavy atom. The van der Waals surface area contributed by atoms with Crippen LogP contribution >= 0.6 is 0 Å². The predicted molar refractivity (Wildman–Crippen MR) is 22.7 cm³/mol. The predicted octanol–water partition coefficient (Wildman–Crippen LogP) is 0.229. The topological polar surface area (TPSA) is 34.1 Å². The summed E-state index contributed by atoms with van der Waals surface area (Å²) in [6, 6.07) is 0. The number of hydrogen-bond donors (Lipinski definition) is 0. The van der Waals surface area contributed by atoms with Gasteiger partial charge in [0, 0.05) is 32.7 Å². The summed E-state index contributed by atoms with van der Waals surface area (Å²) >= 11 is 0. The van der Waals surface area contributed by atoms with Crippen LogP contribution in [-0.4, -0.2) is 13.1 Å². The standard InChI is InChI=1S/C3H5O.CHO.Y/c1-2-3-4;1-2;/h2H2,1H3;1H;/q2*-1;/i;1D;. The van der Waals surface area contributed by atoms with Crippen LogP contribution in [0.25, 0.3) is 0 Å². The summed E-state index contributed by atoms with van der Waals surface area (Å²) in [5.41, 5.74) is 0. The first kappa shape index (κ1) is 10.4. The van der Waals surface area contributed by atoms with E-state index in [1.807, 2.05) is 0 Å². The Kier molecular flexibility index (Phi) is 47.6. The molecule has 2 nitrogen and oxygen atoms in total. The molecule has 0 bridgehead atoms. The van der Waals surface area contributed by atoms with Crippen molar-refractivity contribution in [2.45, 2.75) is 13.3 Å². The summed E-state index contributed by atoms with van der Waals surface area (Å²) < 4.78 is 5.40. The molecule has 0 aromatic carbocycles. The van der Waals surface area contributed by atoms with Gasteiger partial charge in [0.05, 0.1) is 0 Å². The smallest absolute Gasteiger partial charge is 0 e. The van der Waals surface area contributed by atoms with Crippen LogP contribution in [0.4, 0.5) is 0 Å². The molecular weight excluding hydrogens is 169 g/mol. The van der Waals surface area contributed by atoms with Crippen molar-refractivity contribution >= 4 is 13.1 Å². The molecule has 0 saturated heterocycles. The van der Waals surface area contributed by atoms with Crippen molar-refractivity contribution in [2.75, 3.05) is 0 Å². The summed E-state index contributed by atoms with van der Waals surface area (Å²) in [5, 5.41) is 0. The van der Waals surface area contributed by atoms with Gasteiger partial charge in [-0.3, -0.25) is 13.1 Å². The fourth-order valence-electron chi connectivity index (χ4n) is 0. The molecule has 0 spiro atoms. The third-order valence-corrected chi connectivity index (χ3v) is 0.144. The van der Waals surface area contributed by atoms with Gasteiger partial charge < -0.3 is 9.59 Å². The summed E-state index contributed by atoms with van der Waals surface area (Å²) in [6.45, 7) is 2.51. The van der Waals surface area contributed by atoms with Crippen LogP contribution in [0.15, 0.2) is 0 Å². The van der Waals surface area contributed by atoms with Crippen molar-refractivity contribution < 1.29 is 43.7 Å². The van der Waals surface area contributed by atoms with E-state index in [9.17, 15) is 0 Å². The van der Waals surface area contributed by atoms with Gasteiger partial charge in [-0.15, -0.1) is 0 Å². The fourth-order valence-corrected chi connectivity index (χ4v) is 0. The maximum absolute atomic E-state index is 9.05. The van der Waals surface area contributed by atoms with Crippen molar-refractivity contribution in [1.29, 1.82) is 0 Å². The molecule has 0 unspecified atom stereocenters. The van der Waals surface area contributed by atoms with Crippen LogP contribution in [-0.2, 0) is 42.3 Å². The van der Waals surface area contributed by atoms with Crippen molar-refractivity contribution in [3.8, 4) is 0 Å². The van der Waals surface area contributed by atoms with Crippen molar-refractivity contribution in [3.05, 3.63) is 0 Å².